The highest BCUT2D eigenvalue weighted by atomic mass is 32.2. The molecule has 0 radical (unpaired) electrons. The molecule has 1 fully saturated rings. The zero-order valence-electron chi connectivity index (χ0n) is 11.4. The van der Waals surface area contributed by atoms with E-state index in [4.69, 9.17) is 9.84 Å². The molecule has 6 nitrogen and oxygen atoms in total. The summed E-state index contributed by atoms with van der Waals surface area (Å²) in [5.41, 5.74) is -1.02. The molecule has 116 valence electrons. The fraction of sp³-hybridized carbons (Fsp3) is 0.462. The van der Waals surface area contributed by atoms with Crippen LogP contribution in [-0.2, 0) is 14.8 Å². The number of rotatable bonds is 4. The lowest BCUT2D eigenvalue weighted by Gasteiger charge is -2.34. The minimum atomic E-state index is -4.15. The SMILES string of the molecule is CC1(NS(=O)(=O)c2cc(C(=O)O)ccc2F)CCOCC1. The van der Waals surface area contributed by atoms with Gasteiger partial charge in [0.2, 0.25) is 10.0 Å². The second-order valence-corrected chi connectivity index (χ2v) is 6.88. The van der Waals surface area contributed by atoms with Crippen LogP contribution in [0.15, 0.2) is 23.1 Å². The highest BCUT2D eigenvalue weighted by molar-refractivity contribution is 7.89. The Morgan fingerprint density at radius 2 is 2.00 bits per heavy atom. The van der Waals surface area contributed by atoms with E-state index in [0.717, 1.165) is 18.2 Å². The van der Waals surface area contributed by atoms with Gasteiger partial charge >= 0.3 is 5.97 Å². The van der Waals surface area contributed by atoms with E-state index in [0.29, 0.717) is 26.1 Å². The van der Waals surface area contributed by atoms with Gasteiger partial charge < -0.3 is 9.84 Å². The molecule has 0 spiro atoms. The lowest BCUT2D eigenvalue weighted by Crippen LogP contribution is -2.49. The van der Waals surface area contributed by atoms with Crippen LogP contribution in [0.25, 0.3) is 0 Å². The van der Waals surface area contributed by atoms with Crippen LogP contribution in [0.1, 0.15) is 30.1 Å². The van der Waals surface area contributed by atoms with Crippen molar-refractivity contribution in [3.63, 3.8) is 0 Å². The van der Waals surface area contributed by atoms with E-state index in [1.54, 1.807) is 6.92 Å². The quantitative estimate of drug-likeness (QED) is 0.875. The monoisotopic (exact) mass is 317 g/mol. The summed E-state index contributed by atoms with van der Waals surface area (Å²) < 4.78 is 46.0. The first kappa shape index (κ1) is 15.9. The third kappa shape index (κ3) is 3.58. The Morgan fingerprint density at radius 1 is 1.38 bits per heavy atom. The van der Waals surface area contributed by atoms with Crippen LogP contribution < -0.4 is 4.72 Å². The molecule has 0 unspecified atom stereocenters. The topological polar surface area (TPSA) is 92.7 Å². The van der Waals surface area contributed by atoms with Gasteiger partial charge in [-0.15, -0.1) is 0 Å². The molecule has 1 saturated heterocycles. The van der Waals surface area contributed by atoms with Crippen LogP contribution >= 0.6 is 0 Å². The summed E-state index contributed by atoms with van der Waals surface area (Å²) in [5, 5.41) is 8.88. The normalized spacial score (nSPS) is 18.4. The van der Waals surface area contributed by atoms with Gasteiger partial charge in [-0.25, -0.2) is 22.3 Å². The fourth-order valence-corrected chi connectivity index (χ4v) is 3.72. The molecule has 0 bridgehead atoms. The van der Waals surface area contributed by atoms with Crippen molar-refractivity contribution in [3.05, 3.63) is 29.6 Å². The van der Waals surface area contributed by atoms with E-state index in [1.165, 1.54) is 0 Å². The van der Waals surface area contributed by atoms with Crippen molar-refractivity contribution in [3.8, 4) is 0 Å². The first-order valence-corrected chi connectivity index (χ1v) is 7.86. The Labute approximate surface area is 122 Å². The molecule has 0 amide bonds. The van der Waals surface area contributed by atoms with Gasteiger partial charge in [0.25, 0.3) is 0 Å². The predicted molar refractivity (Wildman–Crippen MR) is 72.1 cm³/mol. The van der Waals surface area contributed by atoms with Crippen LogP contribution in [0.3, 0.4) is 0 Å². The standard InChI is InChI=1S/C13H16FNO5S/c1-13(4-6-20-7-5-13)15-21(18,19)11-8-9(12(16)17)2-3-10(11)14/h2-3,8,15H,4-7H2,1H3,(H,16,17). The molecule has 21 heavy (non-hydrogen) atoms. The van der Waals surface area contributed by atoms with E-state index in [1.807, 2.05) is 0 Å². The summed E-state index contributed by atoms with van der Waals surface area (Å²) in [6.45, 7) is 2.54. The summed E-state index contributed by atoms with van der Waals surface area (Å²) >= 11 is 0. The molecule has 1 aromatic rings. The van der Waals surface area contributed by atoms with Crippen molar-refractivity contribution in [2.75, 3.05) is 13.2 Å². The molecular weight excluding hydrogens is 301 g/mol. The van der Waals surface area contributed by atoms with Gasteiger partial charge in [0.15, 0.2) is 0 Å². The van der Waals surface area contributed by atoms with Crippen molar-refractivity contribution >= 4 is 16.0 Å². The zero-order valence-corrected chi connectivity index (χ0v) is 12.2. The number of carboxylic acid groups (broad SMARTS) is 1. The number of aromatic carboxylic acids is 1. The second kappa shape index (κ2) is 5.70. The number of sulfonamides is 1. The number of halogens is 1. The molecule has 0 aromatic heterocycles. The highest BCUT2D eigenvalue weighted by Crippen LogP contribution is 2.24. The molecule has 2 N–H and O–H groups in total. The maximum atomic E-state index is 13.8. The largest absolute Gasteiger partial charge is 0.478 e. The van der Waals surface area contributed by atoms with Crippen molar-refractivity contribution in [1.82, 2.24) is 4.72 Å². The average Bonchev–Trinajstić information content (AvgIpc) is 2.38. The smallest absolute Gasteiger partial charge is 0.335 e. The number of carboxylic acids is 1. The van der Waals surface area contributed by atoms with Crippen LogP contribution in [0, 0.1) is 5.82 Å². The summed E-state index contributed by atoms with van der Waals surface area (Å²) in [4.78, 5) is 10.2. The number of nitrogens with one attached hydrogen (secondary N) is 1. The van der Waals surface area contributed by atoms with E-state index >= 15 is 0 Å². The maximum Gasteiger partial charge on any atom is 0.335 e. The van der Waals surface area contributed by atoms with Crippen LogP contribution in [0.5, 0.6) is 0 Å². The minimum absolute atomic E-state index is 0.283. The van der Waals surface area contributed by atoms with Crippen LogP contribution in [0.2, 0.25) is 0 Å². The third-order valence-electron chi connectivity index (χ3n) is 3.44. The Hall–Kier alpha value is -1.51. The molecule has 0 atom stereocenters. The van der Waals surface area contributed by atoms with E-state index < -0.39 is 32.2 Å². The van der Waals surface area contributed by atoms with Gasteiger partial charge in [-0.3, -0.25) is 0 Å². The van der Waals surface area contributed by atoms with E-state index in [-0.39, 0.29) is 5.56 Å². The molecule has 8 heteroatoms. The van der Waals surface area contributed by atoms with E-state index in [2.05, 4.69) is 4.72 Å². The van der Waals surface area contributed by atoms with Crippen LogP contribution in [0.4, 0.5) is 4.39 Å². The summed E-state index contributed by atoms with van der Waals surface area (Å²) in [6.07, 6.45) is 0.930. The molecular formula is C13H16FNO5S. The van der Waals surface area contributed by atoms with Gasteiger partial charge in [0.05, 0.1) is 5.56 Å². The summed E-state index contributed by atoms with van der Waals surface area (Å²) in [6, 6.07) is 2.68. The average molecular weight is 317 g/mol. The molecule has 1 aromatic carbocycles. The highest BCUT2D eigenvalue weighted by Gasteiger charge is 2.34. The third-order valence-corrected chi connectivity index (χ3v) is 5.10. The molecule has 0 aliphatic carbocycles. The Balaban J connectivity index is 2.35. The number of hydrogen-bond donors (Lipinski definition) is 2. The molecule has 1 aliphatic rings. The summed E-state index contributed by atoms with van der Waals surface area (Å²) in [7, 11) is -4.15. The first-order chi connectivity index (χ1) is 9.73. The van der Waals surface area contributed by atoms with Gasteiger partial charge in [0, 0.05) is 18.8 Å². The lowest BCUT2D eigenvalue weighted by molar-refractivity contribution is 0.0537. The predicted octanol–water partition coefficient (Wildman–Crippen LogP) is 1.37. The molecule has 0 saturated carbocycles. The molecule has 1 heterocycles. The number of carbonyl (C=O) groups is 1. The summed E-state index contributed by atoms with van der Waals surface area (Å²) in [5.74, 6) is -2.30. The molecule has 1 aliphatic heterocycles. The Kier molecular flexibility index (Phi) is 4.31. The second-order valence-electron chi connectivity index (χ2n) is 5.23. The Bertz CT molecular complexity index is 653. The van der Waals surface area contributed by atoms with E-state index in [9.17, 15) is 17.6 Å². The maximum absolute atomic E-state index is 13.8. The number of benzene rings is 1. The van der Waals surface area contributed by atoms with Crippen LogP contribution in [-0.4, -0.2) is 38.2 Å². The lowest BCUT2D eigenvalue weighted by atomic mass is 9.94. The minimum Gasteiger partial charge on any atom is -0.478 e. The number of hydrogen-bond acceptors (Lipinski definition) is 4. The Morgan fingerprint density at radius 3 is 2.57 bits per heavy atom. The van der Waals surface area contributed by atoms with Gasteiger partial charge in [-0.05, 0) is 38.0 Å². The number of ether oxygens (including phenoxy) is 1. The fourth-order valence-electron chi connectivity index (χ4n) is 2.15. The first-order valence-electron chi connectivity index (χ1n) is 6.38. The van der Waals surface area contributed by atoms with Crippen molar-refractivity contribution in [2.45, 2.75) is 30.2 Å². The van der Waals surface area contributed by atoms with Gasteiger partial charge in [-0.1, -0.05) is 0 Å². The van der Waals surface area contributed by atoms with Crippen molar-refractivity contribution in [2.24, 2.45) is 0 Å². The van der Waals surface area contributed by atoms with Gasteiger partial charge in [0.1, 0.15) is 10.7 Å². The zero-order chi connectivity index (χ0) is 15.7. The van der Waals surface area contributed by atoms with Crippen molar-refractivity contribution in [1.29, 1.82) is 0 Å². The van der Waals surface area contributed by atoms with Crippen molar-refractivity contribution < 1.29 is 27.4 Å². The van der Waals surface area contributed by atoms with Gasteiger partial charge in [-0.2, -0.15) is 0 Å². The molecule has 2 rings (SSSR count).